The van der Waals surface area contributed by atoms with Crippen LogP contribution in [0.5, 0.6) is 0 Å². The smallest absolute Gasteiger partial charge is 0.255 e. The van der Waals surface area contributed by atoms with Crippen LogP contribution in [0.2, 0.25) is 0 Å². The molecule has 0 atom stereocenters. The molecule has 222 valence electrons. The summed E-state index contributed by atoms with van der Waals surface area (Å²) in [7, 11) is -2.05. The number of aryl methyl sites for hydroxylation is 1. The number of nitrogens with zero attached hydrogens (tertiary/aromatic N) is 1. The molecule has 1 heterocycles. The Labute approximate surface area is 246 Å². The molecule has 0 radical (unpaired) electrons. The lowest BCUT2D eigenvalue weighted by atomic mass is 10.0. The van der Waals surface area contributed by atoms with Gasteiger partial charge in [-0.1, -0.05) is 29.8 Å². The van der Waals surface area contributed by atoms with Gasteiger partial charge in [0, 0.05) is 37.2 Å². The van der Waals surface area contributed by atoms with Crippen molar-refractivity contribution in [1.29, 1.82) is 0 Å². The number of ether oxygens (including phenoxy) is 1. The maximum Gasteiger partial charge on any atom is 0.255 e. The minimum Gasteiger partial charge on any atom is -0.455 e. The fourth-order valence-electron chi connectivity index (χ4n) is 5.22. The number of sulfonamides is 1. The SMILES string of the molecule is CNC(=O)c1c(-c2ccc(F)cc2)oc2cc(N(CCCCCOCc3ccc(C)cc3)S(C)(=O)=O)c(C3CC3)cc12. The highest BCUT2D eigenvalue weighted by atomic mass is 32.2. The topological polar surface area (TPSA) is 88.8 Å². The van der Waals surface area contributed by atoms with Gasteiger partial charge < -0.3 is 14.5 Å². The summed E-state index contributed by atoms with van der Waals surface area (Å²) >= 11 is 0. The third kappa shape index (κ3) is 6.85. The van der Waals surface area contributed by atoms with Crippen LogP contribution in [0.1, 0.15) is 65.1 Å². The summed E-state index contributed by atoms with van der Waals surface area (Å²) in [4.78, 5) is 13.0. The van der Waals surface area contributed by atoms with Crippen molar-refractivity contribution >= 4 is 32.6 Å². The molecule has 0 bridgehead atoms. The number of amides is 1. The van der Waals surface area contributed by atoms with Gasteiger partial charge in [-0.25, -0.2) is 12.8 Å². The van der Waals surface area contributed by atoms with E-state index in [1.807, 2.05) is 6.07 Å². The summed E-state index contributed by atoms with van der Waals surface area (Å²) in [6.45, 7) is 3.54. The summed E-state index contributed by atoms with van der Waals surface area (Å²) in [5, 5.41) is 3.29. The van der Waals surface area contributed by atoms with Crippen LogP contribution in [-0.2, 0) is 21.4 Å². The molecule has 42 heavy (non-hydrogen) atoms. The molecule has 0 unspecified atom stereocenters. The maximum absolute atomic E-state index is 13.6. The van der Waals surface area contributed by atoms with Gasteiger partial charge in [0.15, 0.2) is 0 Å². The van der Waals surface area contributed by atoms with Gasteiger partial charge in [-0.2, -0.15) is 0 Å². The van der Waals surface area contributed by atoms with Crippen molar-refractivity contribution in [3.63, 3.8) is 0 Å². The first kappa shape index (κ1) is 29.8. The molecule has 0 saturated heterocycles. The molecule has 5 rings (SSSR count). The molecule has 1 aliphatic rings. The second-order valence-electron chi connectivity index (χ2n) is 11.0. The second kappa shape index (κ2) is 12.7. The molecule has 1 fully saturated rings. The van der Waals surface area contributed by atoms with Crippen molar-refractivity contribution in [1.82, 2.24) is 5.32 Å². The van der Waals surface area contributed by atoms with Crippen LogP contribution in [0, 0.1) is 12.7 Å². The number of benzene rings is 3. The summed E-state index contributed by atoms with van der Waals surface area (Å²) in [6, 6.07) is 17.7. The Morgan fingerprint density at radius 1 is 1.05 bits per heavy atom. The molecular formula is C33H37FN2O5S. The molecule has 3 aromatic carbocycles. The van der Waals surface area contributed by atoms with Crippen LogP contribution in [0.15, 0.2) is 65.1 Å². The van der Waals surface area contributed by atoms with Crippen molar-refractivity contribution < 1.29 is 26.8 Å². The van der Waals surface area contributed by atoms with E-state index < -0.39 is 15.8 Å². The quantitative estimate of drug-likeness (QED) is 0.170. The second-order valence-corrected chi connectivity index (χ2v) is 12.9. The van der Waals surface area contributed by atoms with E-state index >= 15 is 0 Å². The van der Waals surface area contributed by atoms with Gasteiger partial charge in [0.05, 0.1) is 24.1 Å². The Morgan fingerprint density at radius 3 is 2.40 bits per heavy atom. The summed E-state index contributed by atoms with van der Waals surface area (Å²) < 4.78 is 53.2. The Bertz CT molecular complexity index is 1660. The monoisotopic (exact) mass is 592 g/mol. The van der Waals surface area contributed by atoms with Gasteiger partial charge >= 0.3 is 0 Å². The van der Waals surface area contributed by atoms with E-state index in [2.05, 4.69) is 36.5 Å². The van der Waals surface area contributed by atoms with Crippen molar-refractivity contribution in [2.45, 2.75) is 51.6 Å². The minimum atomic E-state index is -3.59. The van der Waals surface area contributed by atoms with Gasteiger partial charge in [-0.05, 0) is 86.4 Å². The molecule has 9 heteroatoms. The molecule has 1 aliphatic carbocycles. The molecule has 0 aliphatic heterocycles. The Morgan fingerprint density at radius 2 is 1.76 bits per heavy atom. The minimum absolute atomic E-state index is 0.213. The van der Waals surface area contributed by atoms with Crippen molar-refractivity contribution in [2.75, 3.05) is 30.8 Å². The number of halogens is 1. The fraction of sp³-hybridized carbons (Fsp3) is 0.364. The number of fused-ring (bicyclic) bond motifs is 1. The lowest BCUT2D eigenvalue weighted by Gasteiger charge is -2.25. The first-order valence-corrected chi connectivity index (χ1v) is 16.2. The largest absolute Gasteiger partial charge is 0.455 e. The molecule has 1 N–H and O–H groups in total. The van der Waals surface area contributed by atoms with E-state index in [1.54, 1.807) is 25.2 Å². The highest BCUT2D eigenvalue weighted by molar-refractivity contribution is 7.92. The number of anilines is 1. The summed E-state index contributed by atoms with van der Waals surface area (Å²) in [5.41, 5.74) is 5.15. The number of carbonyl (C=O) groups excluding carboxylic acids is 1. The summed E-state index contributed by atoms with van der Waals surface area (Å²) in [6.07, 6.45) is 5.44. The molecule has 1 saturated carbocycles. The number of furan rings is 1. The first-order chi connectivity index (χ1) is 20.2. The number of rotatable bonds is 13. The molecule has 4 aromatic rings. The lowest BCUT2D eigenvalue weighted by molar-refractivity contribution is 0.0964. The molecular weight excluding hydrogens is 555 g/mol. The van der Waals surface area contributed by atoms with Crippen molar-refractivity contribution in [3.05, 3.63) is 88.7 Å². The van der Waals surface area contributed by atoms with Crippen LogP contribution in [-0.4, -0.2) is 40.8 Å². The maximum atomic E-state index is 13.6. The predicted octanol–water partition coefficient (Wildman–Crippen LogP) is 6.94. The number of unbranched alkanes of at least 4 members (excludes halogenated alkanes) is 2. The van der Waals surface area contributed by atoms with Gasteiger partial charge in [-0.15, -0.1) is 0 Å². The lowest BCUT2D eigenvalue weighted by Crippen LogP contribution is -2.31. The van der Waals surface area contributed by atoms with Crippen LogP contribution >= 0.6 is 0 Å². The third-order valence-electron chi connectivity index (χ3n) is 7.62. The average Bonchev–Trinajstić information content (AvgIpc) is 3.74. The van der Waals surface area contributed by atoms with E-state index in [1.165, 1.54) is 28.3 Å². The van der Waals surface area contributed by atoms with E-state index in [-0.39, 0.29) is 11.8 Å². The number of carbonyl (C=O) groups is 1. The zero-order valence-corrected chi connectivity index (χ0v) is 25.1. The average molecular weight is 593 g/mol. The van der Waals surface area contributed by atoms with Gasteiger partial charge in [0.1, 0.15) is 17.2 Å². The Kier molecular flexibility index (Phi) is 8.99. The van der Waals surface area contributed by atoms with E-state index in [0.717, 1.165) is 36.8 Å². The fourth-order valence-corrected chi connectivity index (χ4v) is 6.19. The van der Waals surface area contributed by atoms with Gasteiger partial charge in [0.25, 0.3) is 5.91 Å². The standard InChI is InChI=1S/C33H37FN2O5S/c1-22-7-9-23(10-8-22)21-40-18-6-4-5-17-36(42(3,38)39)29-20-30-28(19-27(29)24-11-12-24)31(33(37)35-2)32(41-30)25-13-15-26(34)16-14-25/h7-10,13-16,19-20,24H,4-6,11-12,17-18,21H2,1-3H3,(H,35,37). The number of nitrogens with one attached hydrogen (secondary N) is 1. The number of hydrogen-bond acceptors (Lipinski definition) is 5. The van der Waals surface area contributed by atoms with Crippen LogP contribution in [0.4, 0.5) is 10.1 Å². The molecule has 7 nitrogen and oxygen atoms in total. The number of hydrogen-bond donors (Lipinski definition) is 1. The third-order valence-corrected chi connectivity index (χ3v) is 8.80. The Hall–Kier alpha value is -3.69. The first-order valence-electron chi connectivity index (χ1n) is 14.3. The summed E-state index contributed by atoms with van der Waals surface area (Å²) in [5.74, 6) is -0.186. The molecule has 0 spiro atoms. The molecule has 1 amide bonds. The van der Waals surface area contributed by atoms with E-state index in [4.69, 9.17) is 9.15 Å². The Balaban J connectivity index is 1.37. The van der Waals surface area contributed by atoms with Crippen LogP contribution in [0.3, 0.4) is 0 Å². The van der Waals surface area contributed by atoms with Gasteiger partial charge in [0.2, 0.25) is 10.0 Å². The zero-order chi connectivity index (χ0) is 29.9. The van der Waals surface area contributed by atoms with E-state index in [9.17, 15) is 17.6 Å². The van der Waals surface area contributed by atoms with E-state index in [0.29, 0.717) is 59.7 Å². The highest BCUT2D eigenvalue weighted by Crippen LogP contribution is 2.48. The van der Waals surface area contributed by atoms with Gasteiger partial charge in [-0.3, -0.25) is 9.10 Å². The van der Waals surface area contributed by atoms with Crippen LogP contribution < -0.4 is 9.62 Å². The van der Waals surface area contributed by atoms with Crippen molar-refractivity contribution in [2.24, 2.45) is 0 Å². The zero-order valence-electron chi connectivity index (χ0n) is 24.3. The molecule has 1 aromatic heterocycles. The normalized spacial score (nSPS) is 13.4. The highest BCUT2D eigenvalue weighted by Gasteiger charge is 2.33. The predicted molar refractivity (Wildman–Crippen MR) is 164 cm³/mol. The van der Waals surface area contributed by atoms with Crippen LogP contribution in [0.25, 0.3) is 22.3 Å². The van der Waals surface area contributed by atoms with Crippen molar-refractivity contribution in [3.8, 4) is 11.3 Å².